The molecule has 5 rings (SSSR count). The molecule has 11 heteroatoms. The van der Waals surface area contributed by atoms with Gasteiger partial charge in [-0.15, -0.1) is 0 Å². The number of ketones is 2. The highest BCUT2D eigenvalue weighted by Crippen LogP contribution is 2.46. The van der Waals surface area contributed by atoms with Gasteiger partial charge in [-0.3, -0.25) is 9.59 Å². The molecule has 37 heavy (non-hydrogen) atoms. The lowest BCUT2D eigenvalue weighted by molar-refractivity contribution is -0.193. The lowest BCUT2D eigenvalue weighted by atomic mass is 9.80. The third-order valence-corrected chi connectivity index (χ3v) is 6.83. The molecule has 1 fully saturated rings. The topological polar surface area (TPSA) is 61.4 Å². The number of nitrogens with zero attached hydrogens (tertiary/aromatic N) is 1. The zero-order valence-corrected chi connectivity index (χ0v) is 20.3. The van der Waals surface area contributed by atoms with Gasteiger partial charge in [-0.05, 0) is 79.1 Å². The Hall–Kier alpha value is -3.08. The van der Waals surface area contributed by atoms with Gasteiger partial charge in [-0.2, -0.15) is 26.3 Å². The van der Waals surface area contributed by atoms with Crippen molar-refractivity contribution < 1.29 is 35.9 Å². The summed E-state index contributed by atoms with van der Waals surface area (Å²) in [5.41, 5.74) is 9.76. The monoisotopic (exact) mass is 527 g/mol. The van der Waals surface area contributed by atoms with Gasteiger partial charge in [0.15, 0.2) is 0 Å². The van der Waals surface area contributed by atoms with E-state index in [0.29, 0.717) is 5.92 Å². The number of benzene rings is 2. The lowest BCUT2D eigenvalue weighted by Crippen LogP contribution is -2.41. The molecule has 0 amide bonds. The molecule has 3 aliphatic heterocycles. The lowest BCUT2D eigenvalue weighted by Gasteiger charge is -2.42. The van der Waals surface area contributed by atoms with Crippen molar-refractivity contribution in [3.8, 4) is 0 Å². The van der Waals surface area contributed by atoms with Gasteiger partial charge >= 0.3 is 23.9 Å². The molecule has 200 valence electrons. The molecule has 0 aromatic heterocycles. The molecule has 0 radical (unpaired) electrons. The molecule has 5 nitrogen and oxygen atoms in total. The van der Waals surface area contributed by atoms with Crippen molar-refractivity contribution in [3.63, 3.8) is 0 Å². The summed E-state index contributed by atoms with van der Waals surface area (Å²) in [6, 6.07) is 11.5. The number of anilines is 3. The van der Waals surface area contributed by atoms with E-state index in [1.807, 2.05) is 0 Å². The molecule has 2 N–H and O–H groups in total. The van der Waals surface area contributed by atoms with Crippen LogP contribution in [0.4, 0.5) is 43.4 Å². The Morgan fingerprint density at radius 3 is 2.08 bits per heavy atom. The Labute approximate surface area is 210 Å². The average Bonchev–Trinajstić information content (AvgIpc) is 3.25. The van der Waals surface area contributed by atoms with E-state index in [4.69, 9.17) is 0 Å². The fourth-order valence-corrected chi connectivity index (χ4v) is 5.45. The number of fused-ring (bicyclic) bond motifs is 2. The van der Waals surface area contributed by atoms with Gasteiger partial charge in [0, 0.05) is 49.2 Å². The number of aryl methyl sites for hydroxylation is 3. The van der Waals surface area contributed by atoms with Crippen molar-refractivity contribution in [2.45, 2.75) is 45.0 Å². The van der Waals surface area contributed by atoms with Crippen LogP contribution in [-0.2, 0) is 16.0 Å². The highest BCUT2D eigenvalue weighted by atomic mass is 19.4. The summed E-state index contributed by atoms with van der Waals surface area (Å²) >= 11 is 0. The minimum Gasteiger partial charge on any atom is -0.371 e. The molecule has 3 aliphatic rings. The van der Waals surface area contributed by atoms with Crippen LogP contribution in [0.2, 0.25) is 0 Å². The minimum atomic E-state index is -5.77. The number of hydrogen-bond donors (Lipinski definition) is 2. The first-order valence-corrected chi connectivity index (χ1v) is 11.9. The van der Waals surface area contributed by atoms with Gasteiger partial charge in [0.2, 0.25) is 0 Å². The molecule has 2 aromatic rings. The number of nitrogens with one attached hydrogen (secondary N) is 2. The number of hydrogen-bond acceptors (Lipinski definition) is 5. The van der Waals surface area contributed by atoms with E-state index in [2.05, 4.69) is 59.7 Å². The van der Waals surface area contributed by atoms with E-state index in [1.54, 1.807) is 16.8 Å². The Morgan fingerprint density at radius 1 is 0.892 bits per heavy atom. The van der Waals surface area contributed by atoms with E-state index in [0.717, 1.165) is 12.5 Å². The largest absolute Gasteiger partial charge is 0.458 e. The number of halogens is 6. The van der Waals surface area contributed by atoms with Crippen LogP contribution in [0.15, 0.2) is 30.3 Å². The Balaban J connectivity index is 0.000000229. The number of carbonyl (C=O) groups excluding carboxylic acids is 2. The normalized spacial score (nSPS) is 20.4. The molecule has 0 bridgehead atoms. The fraction of sp³-hybridized carbons (Fsp3) is 0.462. The molecule has 3 heterocycles. The molecule has 2 atom stereocenters. The number of Topliss-reactive ketones (excluding diaryl/α,β-unsaturated/α-hetero) is 2. The second-order valence-corrected chi connectivity index (χ2v) is 9.80. The van der Waals surface area contributed by atoms with Crippen molar-refractivity contribution in [2.24, 2.45) is 5.92 Å². The van der Waals surface area contributed by atoms with Crippen LogP contribution < -0.4 is 15.5 Å². The molecule has 0 unspecified atom stereocenters. The summed E-state index contributed by atoms with van der Waals surface area (Å²) in [7, 11) is 0. The predicted molar refractivity (Wildman–Crippen MR) is 127 cm³/mol. The van der Waals surface area contributed by atoms with Crippen molar-refractivity contribution in [3.05, 3.63) is 52.6 Å². The van der Waals surface area contributed by atoms with Gasteiger partial charge in [0.05, 0.1) is 0 Å². The smallest absolute Gasteiger partial charge is 0.371 e. The van der Waals surface area contributed by atoms with Gasteiger partial charge < -0.3 is 15.5 Å². The van der Waals surface area contributed by atoms with E-state index in [-0.39, 0.29) is 0 Å². The molecule has 0 aliphatic carbocycles. The molecular weight excluding hydrogens is 500 g/mol. The second-order valence-electron chi connectivity index (χ2n) is 9.80. The second kappa shape index (κ2) is 10.00. The van der Waals surface area contributed by atoms with Gasteiger partial charge in [-0.1, -0.05) is 6.07 Å². The van der Waals surface area contributed by atoms with Crippen LogP contribution in [-0.4, -0.2) is 50.1 Å². The summed E-state index contributed by atoms with van der Waals surface area (Å²) < 4.78 is 67.0. The maximum Gasteiger partial charge on any atom is 0.458 e. The first kappa shape index (κ1) is 27.0. The summed E-state index contributed by atoms with van der Waals surface area (Å²) in [5, 5.41) is 7.32. The standard InChI is InChI=1S/C22H27N3.C4F6O2/c1-14-6-15(2)8-18(7-14)24-19-9-16-4-3-5-25-13-17-11-23-12-21(17)20(10-19)22(16)25;5-3(6,7)1(11)2(12)4(8,9)10/h6-10,17,21,23-24H,3-5,11-13H2,1-2H3;/t17-,21-;/m1./s1. The molecular formula is C26H27F6N3O2. The maximum absolute atomic E-state index is 11.2. The van der Waals surface area contributed by atoms with E-state index < -0.39 is 23.9 Å². The Bertz CT molecular complexity index is 1160. The van der Waals surface area contributed by atoms with Crippen LogP contribution in [0.5, 0.6) is 0 Å². The fourth-order valence-electron chi connectivity index (χ4n) is 5.45. The van der Waals surface area contributed by atoms with Crippen LogP contribution in [0.3, 0.4) is 0 Å². The molecule has 2 aromatic carbocycles. The summed E-state index contributed by atoms with van der Waals surface area (Å²) in [4.78, 5) is 21.9. The molecule has 0 spiro atoms. The van der Waals surface area contributed by atoms with Crippen LogP contribution >= 0.6 is 0 Å². The molecule has 1 saturated heterocycles. The third-order valence-electron chi connectivity index (χ3n) is 6.83. The highest BCUT2D eigenvalue weighted by molar-refractivity contribution is 6.41. The van der Waals surface area contributed by atoms with Crippen LogP contribution in [0.25, 0.3) is 0 Å². The molecule has 0 saturated carbocycles. The quantitative estimate of drug-likeness (QED) is 0.416. The number of carbonyl (C=O) groups is 2. The van der Waals surface area contributed by atoms with E-state index in [9.17, 15) is 35.9 Å². The Morgan fingerprint density at radius 2 is 1.49 bits per heavy atom. The predicted octanol–water partition coefficient (Wildman–Crippen LogP) is 5.37. The maximum atomic E-state index is 11.2. The van der Waals surface area contributed by atoms with Crippen molar-refractivity contribution in [1.82, 2.24) is 5.32 Å². The van der Waals surface area contributed by atoms with E-state index >= 15 is 0 Å². The summed E-state index contributed by atoms with van der Waals surface area (Å²) in [5.74, 6) is -5.36. The zero-order chi connectivity index (χ0) is 27.1. The van der Waals surface area contributed by atoms with Crippen molar-refractivity contribution in [1.29, 1.82) is 0 Å². The minimum absolute atomic E-state index is 0.684. The summed E-state index contributed by atoms with van der Waals surface area (Å²) in [6.45, 7) is 9.11. The number of rotatable bonds is 3. The van der Waals surface area contributed by atoms with Crippen molar-refractivity contribution >= 4 is 28.6 Å². The average molecular weight is 528 g/mol. The van der Waals surface area contributed by atoms with Gasteiger partial charge in [-0.25, -0.2) is 0 Å². The van der Waals surface area contributed by atoms with Crippen molar-refractivity contribution in [2.75, 3.05) is 36.4 Å². The highest BCUT2D eigenvalue weighted by Gasteiger charge is 2.54. The first-order valence-electron chi connectivity index (χ1n) is 11.9. The third kappa shape index (κ3) is 5.92. The SMILES string of the molecule is Cc1cc(C)cc(Nc2cc3c4c(c2)[C@@H]2CNC[C@@H]2CN4CCC3)c1.O=C(C(=O)C(F)(F)F)C(F)(F)F. The van der Waals surface area contributed by atoms with Crippen LogP contribution in [0, 0.1) is 19.8 Å². The zero-order valence-electron chi connectivity index (χ0n) is 20.3. The first-order chi connectivity index (χ1) is 17.2. The van der Waals surface area contributed by atoms with Gasteiger partial charge in [0.1, 0.15) is 0 Å². The number of alkyl halides is 6. The van der Waals surface area contributed by atoms with Crippen LogP contribution in [0.1, 0.15) is 34.6 Å². The van der Waals surface area contributed by atoms with E-state index in [1.165, 1.54) is 55.0 Å². The van der Waals surface area contributed by atoms with Gasteiger partial charge in [0.25, 0.3) is 0 Å². The Kier molecular flexibility index (Phi) is 7.29. The summed E-state index contributed by atoms with van der Waals surface area (Å²) in [6.07, 6.45) is -9.05.